The predicted molar refractivity (Wildman–Crippen MR) is 75.4 cm³/mol. The topological polar surface area (TPSA) is 20.3 Å². The highest BCUT2D eigenvalue weighted by molar-refractivity contribution is 5.85. The van der Waals surface area contributed by atoms with Crippen LogP contribution in [0.25, 0.3) is 10.8 Å². The predicted octanol–water partition coefficient (Wildman–Crippen LogP) is 2.67. The van der Waals surface area contributed by atoms with E-state index < -0.39 is 0 Å². The van der Waals surface area contributed by atoms with Gasteiger partial charge < -0.3 is 4.90 Å². The van der Waals surface area contributed by atoms with Gasteiger partial charge in [0.2, 0.25) is 6.29 Å². The van der Waals surface area contributed by atoms with Crippen LogP contribution in [-0.2, 0) is 11.2 Å². The summed E-state index contributed by atoms with van der Waals surface area (Å²) in [6, 6.07) is 14.5. The van der Waals surface area contributed by atoms with E-state index >= 15 is 0 Å². The number of nitrogens with zero attached hydrogens (tertiary/aromatic N) is 1. The molecule has 2 rings (SSSR count). The van der Waals surface area contributed by atoms with Crippen LogP contribution in [0.4, 0.5) is 0 Å². The monoisotopic (exact) mass is 240 g/mol. The minimum absolute atomic E-state index is 0.0641. The number of fused-ring (bicyclic) bond motifs is 1. The van der Waals surface area contributed by atoms with Crippen molar-refractivity contribution in [1.82, 2.24) is 4.90 Å². The molecule has 0 fully saturated rings. The molecule has 2 aromatic rings. The molecular weight excluding hydrogens is 222 g/mol. The first kappa shape index (κ1) is 12.8. The van der Waals surface area contributed by atoms with E-state index in [1.807, 2.05) is 31.1 Å². The van der Waals surface area contributed by atoms with E-state index in [-0.39, 0.29) is 5.92 Å². The lowest BCUT2D eigenvalue weighted by Crippen LogP contribution is -2.24. The van der Waals surface area contributed by atoms with Crippen LogP contribution in [0.15, 0.2) is 42.5 Å². The number of rotatable bonds is 5. The molecule has 2 nitrogen and oxygen atoms in total. The van der Waals surface area contributed by atoms with Crippen LogP contribution in [0, 0.1) is 5.92 Å². The molecule has 18 heavy (non-hydrogen) atoms. The lowest BCUT2D eigenvalue weighted by molar-refractivity contribution is 0.360. The van der Waals surface area contributed by atoms with E-state index in [0.717, 1.165) is 13.0 Å². The average Bonchev–Trinajstić information content (AvgIpc) is 2.38. The van der Waals surface area contributed by atoms with Crippen LogP contribution in [0.5, 0.6) is 0 Å². The van der Waals surface area contributed by atoms with E-state index in [1.54, 1.807) is 0 Å². The number of hydrogen-bond acceptors (Lipinski definition) is 2. The summed E-state index contributed by atoms with van der Waals surface area (Å²) in [5.41, 5.74) is 1.23. The Bertz CT molecular complexity index is 528. The van der Waals surface area contributed by atoms with Gasteiger partial charge in [0.1, 0.15) is 0 Å². The fourth-order valence-corrected chi connectivity index (χ4v) is 2.32. The summed E-state index contributed by atoms with van der Waals surface area (Å²) in [5.74, 6) is -0.0641. The lowest BCUT2D eigenvalue weighted by Gasteiger charge is -2.16. The number of hydrogen-bond donors (Lipinski definition) is 0. The highest BCUT2D eigenvalue weighted by Gasteiger charge is 2.12. The molecular formula is C16H18NO. The van der Waals surface area contributed by atoms with Gasteiger partial charge in [-0.25, -0.2) is 0 Å². The van der Waals surface area contributed by atoms with E-state index in [4.69, 9.17) is 0 Å². The van der Waals surface area contributed by atoms with Crippen molar-refractivity contribution in [2.45, 2.75) is 6.42 Å². The van der Waals surface area contributed by atoms with Crippen LogP contribution in [0.3, 0.4) is 0 Å². The molecule has 0 bridgehead atoms. The normalized spacial score (nSPS) is 12.8. The molecule has 1 atom stereocenters. The largest absolute Gasteiger partial charge is 0.309 e. The minimum Gasteiger partial charge on any atom is -0.309 e. The fraction of sp³-hybridized carbons (Fsp3) is 0.312. The first-order valence-corrected chi connectivity index (χ1v) is 6.19. The van der Waals surface area contributed by atoms with Crippen LogP contribution in [0.2, 0.25) is 0 Å². The Morgan fingerprint density at radius 2 is 1.83 bits per heavy atom. The van der Waals surface area contributed by atoms with Crippen molar-refractivity contribution >= 4 is 17.1 Å². The van der Waals surface area contributed by atoms with Crippen LogP contribution < -0.4 is 0 Å². The number of carbonyl (C=O) groups excluding carboxylic acids is 1. The summed E-state index contributed by atoms with van der Waals surface area (Å²) >= 11 is 0. The Balaban J connectivity index is 2.28. The second-order valence-electron chi connectivity index (χ2n) is 4.92. The van der Waals surface area contributed by atoms with Crippen molar-refractivity contribution in [3.05, 3.63) is 48.0 Å². The van der Waals surface area contributed by atoms with Gasteiger partial charge in [-0.2, -0.15) is 0 Å². The van der Waals surface area contributed by atoms with Gasteiger partial charge in [0.05, 0.1) is 0 Å². The van der Waals surface area contributed by atoms with Gasteiger partial charge in [0.15, 0.2) is 0 Å². The molecule has 0 saturated heterocycles. The molecule has 0 N–H and O–H groups in total. The fourth-order valence-electron chi connectivity index (χ4n) is 2.32. The quantitative estimate of drug-likeness (QED) is 0.801. The first-order valence-electron chi connectivity index (χ1n) is 6.19. The molecule has 2 heteroatoms. The van der Waals surface area contributed by atoms with E-state index in [1.165, 1.54) is 16.3 Å². The van der Waals surface area contributed by atoms with Crippen molar-refractivity contribution in [3.8, 4) is 0 Å². The molecule has 0 aliphatic carbocycles. The molecule has 0 aliphatic heterocycles. The Kier molecular flexibility index (Phi) is 4.11. The Hall–Kier alpha value is -1.67. The SMILES string of the molecule is CN(C)CC([C]=O)Cc1cccc2ccccc12. The van der Waals surface area contributed by atoms with Crippen LogP contribution in [0.1, 0.15) is 5.56 Å². The summed E-state index contributed by atoms with van der Waals surface area (Å²) in [7, 11) is 3.96. The molecule has 0 aromatic heterocycles. The van der Waals surface area contributed by atoms with Crippen molar-refractivity contribution in [2.24, 2.45) is 5.92 Å². The summed E-state index contributed by atoms with van der Waals surface area (Å²) in [5, 5.41) is 2.46. The van der Waals surface area contributed by atoms with Gasteiger partial charge in [-0.3, -0.25) is 4.79 Å². The van der Waals surface area contributed by atoms with Crippen molar-refractivity contribution in [2.75, 3.05) is 20.6 Å². The highest BCUT2D eigenvalue weighted by atomic mass is 16.1. The lowest BCUT2D eigenvalue weighted by atomic mass is 9.95. The molecule has 1 radical (unpaired) electrons. The Morgan fingerprint density at radius 1 is 1.11 bits per heavy atom. The summed E-state index contributed by atoms with van der Waals surface area (Å²) < 4.78 is 0. The van der Waals surface area contributed by atoms with Gasteiger partial charge in [-0.05, 0) is 36.9 Å². The molecule has 0 heterocycles. The summed E-state index contributed by atoms with van der Waals surface area (Å²) in [6.45, 7) is 0.743. The zero-order valence-corrected chi connectivity index (χ0v) is 10.9. The maximum Gasteiger partial charge on any atom is 0.203 e. The van der Waals surface area contributed by atoms with Gasteiger partial charge >= 0.3 is 0 Å². The molecule has 2 aromatic carbocycles. The molecule has 93 valence electrons. The van der Waals surface area contributed by atoms with Gasteiger partial charge in [-0.15, -0.1) is 0 Å². The zero-order valence-electron chi connectivity index (χ0n) is 10.9. The van der Waals surface area contributed by atoms with Crippen molar-refractivity contribution in [3.63, 3.8) is 0 Å². The Labute approximate surface area is 108 Å². The van der Waals surface area contributed by atoms with Crippen molar-refractivity contribution < 1.29 is 4.79 Å². The maximum atomic E-state index is 11.0. The summed E-state index contributed by atoms with van der Waals surface area (Å²) in [6.07, 6.45) is 2.91. The molecule has 0 aliphatic rings. The Morgan fingerprint density at radius 3 is 2.56 bits per heavy atom. The first-order chi connectivity index (χ1) is 8.70. The number of benzene rings is 2. The third kappa shape index (κ3) is 2.96. The van der Waals surface area contributed by atoms with Gasteiger partial charge in [0, 0.05) is 12.5 Å². The zero-order chi connectivity index (χ0) is 13.0. The summed E-state index contributed by atoms with van der Waals surface area (Å²) in [4.78, 5) is 13.1. The smallest absolute Gasteiger partial charge is 0.203 e. The minimum atomic E-state index is -0.0641. The maximum absolute atomic E-state index is 11.0. The molecule has 1 unspecified atom stereocenters. The standard InChI is InChI=1S/C16H18NO/c1-17(2)11-13(12-18)10-15-8-5-7-14-6-3-4-9-16(14)15/h3-9,13H,10-11H2,1-2H3. The van der Waals surface area contributed by atoms with E-state index in [9.17, 15) is 4.79 Å². The third-order valence-corrected chi connectivity index (χ3v) is 3.10. The second kappa shape index (κ2) is 5.78. The van der Waals surface area contributed by atoms with Gasteiger partial charge in [0.25, 0.3) is 0 Å². The highest BCUT2D eigenvalue weighted by Crippen LogP contribution is 2.21. The van der Waals surface area contributed by atoms with E-state index in [2.05, 4.69) is 36.6 Å². The molecule has 0 spiro atoms. The third-order valence-electron chi connectivity index (χ3n) is 3.10. The van der Waals surface area contributed by atoms with Crippen molar-refractivity contribution in [1.29, 1.82) is 0 Å². The average molecular weight is 240 g/mol. The van der Waals surface area contributed by atoms with E-state index in [0.29, 0.717) is 0 Å². The van der Waals surface area contributed by atoms with Crippen LogP contribution >= 0.6 is 0 Å². The second-order valence-corrected chi connectivity index (χ2v) is 4.92. The van der Waals surface area contributed by atoms with Crippen LogP contribution in [-0.4, -0.2) is 31.8 Å². The molecule has 0 saturated carbocycles. The van der Waals surface area contributed by atoms with Gasteiger partial charge in [-0.1, -0.05) is 42.5 Å². The molecule has 0 amide bonds.